The summed E-state index contributed by atoms with van der Waals surface area (Å²) in [5.41, 5.74) is -4.77. The van der Waals surface area contributed by atoms with Crippen LogP contribution in [0, 0.1) is 0 Å². The number of anilines is 1. The quantitative estimate of drug-likeness (QED) is 0.580. The molecular formula is C15H12F3N3O4S. The summed E-state index contributed by atoms with van der Waals surface area (Å²) in [4.78, 5) is 21.9. The van der Waals surface area contributed by atoms with Crippen LogP contribution in [-0.4, -0.2) is 36.8 Å². The van der Waals surface area contributed by atoms with Crippen molar-refractivity contribution in [1.82, 2.24) is 9.97 Å². The van der Waals surface area contributed by atoms with Gasteiger partial charge in [-0.15, -0.1) is 0 Å². The molecule has 0 aromatic carbocycles. The van der Waals surface area contributed by atoms with Crippen LogP contribution in [0.15, 0.2) is 18.5 Å². The Labute approximate surface area is 145 Å². The van der Waals surface area contributed by atoms with Crippen LogP contribution >= 0.6 is 0 Å². The molecule has 1 aliphatic carbocycles. The lowest BCUT2D eigenvalue weighted by Gasteiger charge is -2.37. The van der Waals surface area contributed by atoms with Gasteiger partial charge in [-0.05, 0) is 12.8 Å². The van der Waals surface area contributed by atoms with Crippen molar-refractivity contribution in [2.45, 2.75) is 30.2 Å². The van der Waals surface area contributed by atoms with Gasteiger partial charge >= 0.3 is 15.6 Å². The minimum Gasteiger partial charge on any atom is -0.355 e. The first kappa shape index (κ1) is 17.0. The number of rotatable bonds is 2. The Kier molecular flexibility index (Phi) is 3.31. The van der Waals surface area contributed by atoms with Gasteiger partial charge in [-0.2, -0.15) is 21.6 Å². The van der Waals surface area contributed by atoms with Crippen LogP contribution in [0.2, 0.25) is 0 Å². The van der Waals surface area contributed by atoms with Crippen molar-refractivity contribution in [2.75, 3.05) is 11.9 Å². The summed E-state index contributed by atoms with van der Waals surface area (Å²) in [7, 11) is -4.23. The summed E-state index contributed by atoms with van der Waals surface area (Å²) in [6, 6.07) is 1.09. The molecule has 2 aromatic heterocycles. The van der Waals surface area contributed by atoms with Crippen LogP contribution in [0.5, 0.6) is 5.88 Å². The zero-order valence-electron chi connectivity index (χ0n) is 13.4. The van der Waals surface area contributed by atoms with Crippen molar-refractivity contribution in [3.8, 4) is 5.88 Å². The van der Waals surface area contributed by atoms with Crippen LogP contribution in [0.1, 0.15) is 24.8 Å². The van der Waals surface area contributed by atoms with Crippen LogP contribution in [-0.2, 0) is 20.3 Å². The molecule has 3 heterocycles. The normalized spacial score (nSPS) is 18.9. The highest BCUT2D eigenvalue weighted by atomic mass is 32.2. The summed E-state index contributed by atoms with van der Waals surface area (Å²) < 4.78 is 64.2. The summed E-state index contributed by atoms with van der Waals surface area (Å²) in [5, 5.41) is 0.363. The summed E-state index contributed by atoms with van der Waals surface area (Å²) >= 11 is 0. The second-order valence-corrected chi connectivity index (χ2v) is 7.88. The van der Waals surface area contributed by atoms with E-state index in [2.05, 4.69) is 14.2 Å². The molecule has 0 unspecified atom stereocenters. The van der Waals surface area contributed by atoms with Crippen molar-refractivity contribution in [3.63, 3.8) is 0 Å². The highest BCUT2D eigenvalue weighted by Gasteiger charge is 2.54. The van der Waals surface area contributed by atoms with Gasteiger partial charge in [0.25, 0.3) is 0 Å². The van der Waals surface area contributed by atoms with Crippen molar-refractivity contribution >= 4 is 32.6 Å². The first-order chi connectivity index (χ1) is 12.1. The lowest BCUT2D eigenvalue weighted by atomic mass is 9.64. The predicted octanol–water partition coefficient (Wildman–Crippen LogP) is 2.26. The molecule has 1 saturated carbocycles. The maximum Gasteiger partial charge on any atom is 0.534 e. The van der Waals surface area contributed by atoms with Gasteiger partial charge in [-0.3, -0.25) is 9.78 Å². The third-order valence-electron chi connectivity index (χ3n) is 4.95. The zero-order chi connectivity index (χ0) is 18.9. The monoisotopic (exact) mass is 387 g/mol. The van der Waals surface area contributed by atoms with Gasteiger partial charge in [-0.1, -0.05) is 6.42 Å². The fraction of sp³-hybridized carbons (Fsp3) is 0.400. The fourth-order valence-electron chi connectivity index (χ4n) is 3.56. The topological polar surface area (TPSA) is 89.5 Å². The molecule has 1 amide bonds. The maximum atomic E-state index is 12.7. The number of likely N-dealkylation sites (N-methyl/N-ethyl adjacent to an activating group) is 1. The van der Waals surface area contributed by atoms with Gasteiger partial charge in [0.15, 0.2) is 0 Å². The highest BCUT2D eigenvalue weighted by molar-refractivity contribution is 7.87. The smallest absolute Gasteiger partial charge is 0.355 e. The van der Waals surface area contributed by atoms with E-state index in [0.717, 1.165) is 18.7 Å². The van der Waals surface area contributed by atoms with Gasteiger partial charge in [0.1, 0.15) is 0 Å². The van der Waals surface area contributed by atoms with Crippen LogP contribution < -0.4 is 9.08 Å². The standard InChI is InChI=1S/C15H12F3N3O4S/c1-21-10-7-19-9-6-20-11(25-26(23,24)15(16,17)18)5-8(9)12(10)14(13(21)22)3-2-4-14/h5-7H,2-4H2,1H3. The zero-order valence-corrected chi connectivity index (χ0v) is 14.2. The van der Waals surface area contributed by atoms with E-state index >= 15 is 0 Å². The first-order valence-corrected chi connectivity index (χ1v) is 9.06. The number of carbonyl (C=O) groups excluding carboxylic acids is 1. The number of amides is 1. The second-order valence-electron chi connectivity index (χ2n) is 6.34. The Balaban J connectivity index is 1.89. The molecule has 138 valence electrons. The number of aromatic nitrogens is 2. The first-order valence-electron chi connectivity index (χ1n) is 7.65. The molecule has 2 aromatic rings. The number of pyridine rings is 2. The molecule has 0 saturated heterocycles. The van der Waals surface area contributed by atoms with Gasteiger partial charge in [-0.25, -0.2) is 4.98 Å². The molecule has 7 nitrogen and oxygen atoms in total. The molecule has 0 atom stereocenters. The Morgan fingerprint density at radius 1 is 1.23 bits per heavy atom. The molecule has 2 aliphatic rings. The molecule has 1 spiro atoms. The number of halogens is 3. The predicted molar refractivity (Wildman–Crippen MR) is 84.1 cm³/mol. The van der Waals surface area contributed by atoms with E-state index in [-0.39, 0.29) is 5.91 Å². The average Bonchev–Trinajstić information content (AvgIpc) is 2.74. The average molecular weight is 387 g/mol. The van der Waals surface area contributed by atoms with Gasteiger partial charge in [0, 0.05) is 24.1 Å². The van der Waals surface area contributed by atoms with Crippen LogP contribution in [0.4, 0.5) is 18.9 Å². The number of nitrogens with zero attached hydrogens (tertiary/aromatic N) is 3. The third kappa shape index (κ3) is 2.12. The van der Waals surface area contributed by atoms with Gasteiger partial charge < -0.3 is 9.08 Å². The summed E-state index contributed by atoms with van der Waals surface area (Å²) in [5.74, 6) is -0.822. The molecule has 1 aliphatic heterocycles. The number of carbonyl (C=O) groups is 1. The molecular weight excluding hydrogens is 375 g/mol. The van der Waals surface area contributed by atoms with Crippen molar-refractivity contribution < 1.29 is 30.6 Å². The van der Waals surface area contributed by atoms with Crippen molar-refractivity contribution in [2.24, 2.45) is 0 Å². The van der Waals surface area contributed by atoms with Crippen LogP contribution in [0.25, 0.3) is 10.9 Å². The molecule has 0 N–H and O–H groups in total. The minimum atomic E-state index is -5.84. The maximum absolute atomic E-state index is 12.7. The van der Waals surface area contributed by atoms with Crippen molar-refractivity contribution in [3.05, 3.63) is 24.0 Å². The van der Waals surface area contributed by atoms with Crippen molar-refractivity contribution in [1.29, 1.82) is 0 Å². The molecule has 0 bridgehead atoms. The molecule has 0 radical (unpaired) electrons. The number of hydrogen-bond donors (Lipinski definition) is 0. The Morgan fingerprint density at radius 2 is 1.92 bits per heavy atom. The highest BCUT2D eigenvalue weighted by Crippen LogP contribution is 2.55. The Bertz CT molecular complexity index is 1050. The van der Waals surface area contributed by atoms with E-state index in [9.17, 15) is 26.4 Å². The Morgan fingerprint density at radius 3 is 2.50 bits per heavy atom. The minimum absolute atomic E-state index is 0.102. The summed E-state index contributed by atoms with van der Waals surface area (Å²) in [6.45, 7) is 0. The molecule has 26 heavy (non-hydrogen) atoms. The summed E-state index contributed by atoms with van der Waals surface area (Å²) in [6.07, 6.45) is 4.71. The SMILES string of the molecule is CN1C(=O)C2(CCC2)c2c1cnc1cnc(OS(=O)(=O)C(F)(F)F)cc21. The number of fused-ring (bicyclic) bond motifs is 4. The second kappa shape index (κ2) is 5.06. The lowest BCUT2D eigenvalue weighted by molar-refractivity contribution is -0.125. The van der Waals surface area contributed by atoms with E-state index in [1.165, 1.54) is 11.1 Å². The lowest BCUT2D eigenvalue weighted by Crippen LogP contribution is -2.43. The molecule has 11 heteroatoms. The van der Waals surface area contributed by atoms with E-state index in [1.807, 2.05) is 0 Å². The molecule has 4 rings (SSSR count). The van der Waals surface area contributed by atoms with E-state index in [4.69, 9.17) is 0 Å². The van der Waals surface area contributed by atoms with Crippen LogP contribution in [0.3, 0.4) is 0 Å². The largest absolute Gasteiger partial charge is 0.534 e. The van der Waals surface area contributed by atoms with Gasteiger partial charge in [0.2, 0.25) is 11.8 Å². The third-order valence-corrected chi connectivity index (χ3v) is 5.91. The van der Waals surface area contributed by atoms with E-state index in [1.54, 1.807) is 7.05 Å². The van der Waals surface area contributed by atoms with Gasteiger partial charge in [0.05, 0.1) is 29.0 Å². The molecule has 1 fully saturated rings. The number of hydrogen-bond acceptors (Lipinski definition) is 6. The van der Waals surface area contributed by atoms with E-state index in [0.29, 0.717) is 35.0 Å². The van der Waals surface area contributed by atoms with E-state index < -0.39 is 26.9 Å². The fourth-order valence-corrected chi connectivity index (χ4v) is 3.97. The Hall–Kier alpha value is -2.43. The number of alkyl halides is 3.